The van der Waals surface area contributed by atoms with E-state index in [2.05, 4.69) is 114 Å². The highest BCUT2D eigenvalue weighted by molar-refractivity contribution is 7.25. The fraction of sp³-hybridized carbons (Fsp3) is 0. The summed E-state index contributed by atoms with van der Waals surface area (Å²) >= 11 is 1.81. The molecule has 5 heteroatoms. The van der Waals surface area contributed by atoms with Crippen molar-refractivity contribution in [2.24, 2.45) is 0 Å². The van der Waals surface area contributed by atoms with E-state index in [-0.39, 0.29) is 0 Å². The zero-order valence-electron chi connectivity index (χ0n) is 26.9. The Hall–Kier alpha value is -6.43. The van der Waals surface area contributed by atoms with Crippen molar-refractivity contribution in [3.63, 3.8) is 0 Å². The average molecular weight is 657 g/mol. The van der Waals surface area contributed by atoms with Gasteiger partial charge in [-0.05, 0) is 47.5 Å². The molecule has 0 unspecified atom stereocenters. The number of hydrogen-bond acceptors (Lipinski definition) is 4. The van der Waals surface area contributed by atoms with Gasteiger partial charge in [0.1, 0.15) is 0 Å². The molecule has 234 valence electrons. The maximum absolute atomic E-state index is 4.96. The van der Waals surface area contributed by atoms with E-state index in [1.54, 1.807) is 0 Å². The summed E-state index contributed by atoms with van der Waals surface area (Å²) in [5.74, 6) is 2.00. The smallest absolute Gasteiger partial charge is 0.164 e. The van der Waals surface area contributed by atoms with Crippen molar-refractivity contribution in [2.45, 2.75) is 0 Å². The molecule has 0 saturated heterocycles. The quantitative estimate of drug-likeness (QED) is 0.185. The minimum Gasteiger partial charge on any atom is -0.309 e. The first-order valence-corrected chi connectivity index (χ1v) is 17.5. The number of thiophene rings is 1. The molecule has 4 nitrogen and oxygen atoms in total. The van der Waals surface area contributed by atoms with Gasteiger partial charge in [-0.1, -0.05) is 133 Å². The Bertz CT molecular complexity index is 2760. The molecule has 3 aromatic heterocycles. The summed E-state index contributed by atoms with van der Waals surface area (Å²) in [6.45, 7) is 0. The van der Waals surface area contributed by atoms with Crippen LogP contribution in [0.4, 0.5) is 0 Å². The van der Waals surface area contributed by atoms with Gasteiger partial charge in [-0.3, -0.25) is 0 Å². The molecule has 0 amide bonds. The Morgan fingerprint density at radius 1 is 0.340 bits per heavy atom. The van der Waals surface area contributed by atoms with E-state index >= 15 is 0 Å². The van der Waals surface area contributed by atoms with Crippen LogP contribution < -0.4 is 0 Å². The van der Waals surface area contributed by atoms with Crippen molar-refractivity contribution in [3.8, 4) is 51.0 Å². The van der Waals surface area contributed by atoms with Crippen molar-refractivity contribution < 1.29 is 0 Å². The molecule has 10 rings (SSSR count). The zero-order chi connectivity index (χ0) is 33.0. The van der Waals surface area contributed by atoms with E-state index in [1.807, 2.05) is 72.0 Å². The monoisotopic (exact) mass is 656 g/mol. The summed E-state index contributed by atoms with van der Waals surface area (Å²) in [6.07, 6.45) is 0. The van der Waals surface area contributed by atoms with Crippen LogP contribution in [0.15, 0.2) is 170 Å². The standard InChI is InChI=1S/C45H28N4S/c1-3-12-29(13-4-1)43-46-44(30-14-5-2-6-15-30)48-45(47-43)33-23-25-38-37-24-22-32(27-41(37)50-42(38)28-33)31-16-11-17-34(26-31)49-39-20-9-7-18-35(39)36-19-8-10-21-40(36)49/h1-28H. The van der Waals surface area contributed by atoms with Crippen LogP contribution >= 0.6 is 11.3 Å². The molecule has 0 fully saturated rings. The lowest BCUT2D eigenvalue weighted by Gasteiger charge is -2.10. The van der Waals surface area contributed by atoms with E-state index in [4.69, 9.17) is 15.0 Å². The van der Waals surface area contributed by atoms with Crippen LogP contribution in [-0.4, -0.2) is 19.5 Å². The van der Waals surface area contributed by atoms with Crippen molar-refractivity contribution >= 4 is 53.3 Å². The molecule has 0 radical (unpaired) electrons. The van der Waals surface area contributed by atoms with Gasteiger partial charge in [-0.15, -0.1) is 11.3 Å². The summed E-state index contributed by atoms with van der Waals surface area (Å²) in [5.41, 5.74) is 8.87. The Kier molecular flexibility index (Phi) is 6.64. The predicted molar refractivity (Wildman–Crippen MR) is 209 cm³/mol. The van der Waals surface area contributed by atoms with Gasteiger partial charge in [0.25, 0.3) is 0 Å². The Morgan fingerprint density at radius 3 is 1.40 bits per heavy atom. The van der Waals surface area contributed by atoms with Crippen LogP contribution in [0.1, 0.15) is 0 Å². The number of hydrogen-bond donors (Lipinski definition) is 0. The van der Waals surface area contributed by atoms with Gasteiger partial charge in [0.15, 0.2) is 17.5 Å². The molecular weight excluding hydrogens is 629 g/mol. The first-order valence-electron chi connectivity index (χ1n) is 16.7. The zero-order valence-corrected chi connectivity index (χ0v) is 27.7. The molecule has 0 bridgehead atoms. The van der Waals surface area contributed by atoms with E-state index < -0.39 is 0 Å². The van der Waals surface area contributed by atoms with Gasteiger partial charge in [0.2, 0.25) is 0 Å². The van der Waals surface area contributed by atoms with Gasteiger partial charge in [0.05, 0.1) is 11.0 Å². The van der Waals surface area contributed by atoms with Gasteiger partial charge < -0.3 is 4.57 Å². The highest BCUT2D eigenvalue weighted by Crippen LogP contribution is 2.39. The number of benzene rings is 7. The predicted octanol–water partition coefficient (Wildman–Crippen LogP) is 12.0. The molecule has 7 aromatic carbocycles. The number of nitrogens with zero attached hydrogens (tertiary/aromatic N) is 4. The third-order valence-corrected chi connectivity index (χ3v) is 10.6. The van der Waals surface area contributed by atoms with E-state index in [0.717, 1.165) is 22.4 Å². The van der Waals surface area contributed by atoms with Gasteiger partial charge in [-0.25, -0.2) is 15.0 Å². The van der Waals surface area contributed by atoms with Crippen LogP contribution in [0.2, 0.25) is 0 Å². The Labute approximate surface area is 292 Å². The lowest BCUT2D eigenvalue weighted by Crippen LogP contribution is -1.99. The molecule has 0 atom stereocenters. The molecule has 10 aromatic rings. The number of fused-ring (bicyclic) bond motifs is 6. The number of para-hydroxylation sites is 2. The number of aromatic nitrogens is 4. The van der Waals surface area contributed by atoms with Gasteiger partial charge in [0, 0.05) is 53.3 Å². The SMILES string of the molecule is c1ccc(-c2nc(-c3ccccc3)nc(-c3ccc4c(c3)sc3cc(-c5cccc(-n6c7ccccc7c7ccccc76)c5)ccc34)n2)cc1. The van der Waals surface area contributed by atoms with Crippen molar-refractivity contribution in [1.29, 1.82) is 0 Å². The van der Waals surface area contributed by atoms with Crippen LogP contribution in [0, 0.1) is 0 Å². The van der Waals surface area contributed by atoms with Crippen LogP contribution in [0.25, 0.3) is 93.0 Å². The number of rotatable bonds is 5. The molecule has 0 spiro atoms. The third-order valence-electron chi connectivity index (χ3n) is 9.45. The second kappa shape index (κ2) is 11.6. The maximum Gasteiger partial charge on any atom is 0.164 e. The summed E-state index contributed by atoms with van der Waals surface area (Å²) in [4.78, 5) is 14.8. The van der Waals surface area contributed by atoms with E-state index in [9.17, 15) is 0 Å². The highest BCUT2D eigenvalue weighted by Gasteiger charge is 2.15. The fourth-order valence-electron chi connectivity index (χ4n) is 7.06. The van der Waals surface area contributed by atoms with Crippen LogP contribution in [0.3, 0.4) is 0 Å². The van der Waals surface area contributed by atoms with Gasteiger partial charge >= 0.3 is 0 Å². The Morgan fingerprint density at radius 2 is 0.800 bits per heavy atom. The third kappa shape index (κ3) is 4.79. The van der Waals surface area contributed by atoms with Crippen molar-refractivity contribution in [1.82, 2.24) is 19.5 Å². The lowest BCUT2D eigenvalue weighted by atomic mass is 10.0. The molecular formula is C45H28N4S. The largest absolute Gasteiger partial charge is 0.309 e. The first kappa shape index (κ1) is 28.6. The summed E-state index contributed by atoms with van der Waals surface area (Å²) in [6, 6.07) is 59.8. The molecule has 0 saturated carbocycles. The van der Waals surface area contributed by atoms with Crippen molar-refractivity contribution in [2.75, 3.05) is 0 Å². The molecule has 0 aliphatic carbocycles. The first-order chi connectivity index (χ1) is 24.8. The molecule has 50 heavy (non-hydrogen) atoms. The van der Waals surface area contributed by atoms with Crippen molar-refractivity contribution in [3.05, 3.63) is 170 Å². The van der Waals surface area contributed by atoms with E-state index in [1.165, 1.54) is 53.1 Å². The summed E-state index contributed by atoms with van der Waals surface area (Å²) in [5, 5.41) is 5.03. The van der Waals surface area contributed by atoms with Crippen LogP contribution in [-0.2, 0) is 0 Å². The average Bonchev–Trinajstić information content (AvgIpc) is 3.73. The highest BCUT2D eigenvalue weighted by atomic mass is 32.1. The lowest BCUT2D eigenvalue weighted by molar-refractivity contribution is 1.07. The topological polar surface area (TPSA) is 43.6 Å². The fourth-order valence-corrected chi connectivity index (χ4v) is 8.24. The molecule has 3 heterocycles. The minimum atomic E-state index is 0.665. The van der Waals surface area contributed by atoms with Crippen LogP contribution in [0.5, 0.6) is 0 Å². The van der Waals surface area contributed by atoms with E-state index in [0.29, 0.717) is 17.5 Å². The molecule has 0 aliphatic heterocycles. The molecule has 0 N–H and O–H groups in total. The molecule has 0 aliphatic rings. The summed E-state index contributed by atoms with van der Waals surface area (Å²) in [7, 11) is 0. The maximum atomic E-state index is 4.96. The second-order valence-corrected chi connectivity index (χ2v) is 13.6. The minimum absolute atomic E-state index is 0.665. The summed E-state index contributed by atoms with van der Waals surface area (Å²) < 4.78 is 4.83. The Balaban J connectivity index is 1.06. The second-order valence-electron chi connectivity index (χ2n) is 12.5. The normalized spacial score (nSPS) is 11.6. The van der Waals surface area contributed by atoms with Gasteiger partial charge in [-0.2, -0.15) is 0 Å².